The quantitative estimate of drug-likeness (QED) is 0.887. The molecule has 1 aliphatic rings. The van der Waals surface area contributed by atoms with E-state index in [2.05, 4.69) is 27.9 Å². The topological polar surface area (TPSA) is 52.2 Å². The van der Waals surface area contributed by atoms with Gasteiger partial charge in [-0.2, -0.15) is 0 Å². The monoisotopic (exact) mass is 257 g/mol. The number of imidazole rings is 1. The summed E-state index contributed by atoms with van der Waals surface area (Å²) in [5, 5.41) is 10.5. The van der Waals surface area contributed by atoms with E-state index in [-0.39, 0.29) is 0 Å². The van der Waals surface area contributed by atoms with Crippen LogP contribution in [0.2, 0.25) is 0 Å². The van der Waals surface area contributed by atoms with Crippen LogP contribution in [0.5, 0.6) is 0 Å². The SMILES string of the molecule is Cc1ccc(C(O)c2ncc[nH]2)c(N2CCCC2)c1. The molecule has 1 aliphatic heterocycles. The molecule has 4 nitrogen and oxygen atoms in total. The lowest BCUT2D eigenvalue weighted by atomic mass is 10.0. The average Bonchev–Trinajstić information content (AvgIpc) is 3.11. The normalized spacial score (nSPS) is 16.8. The number of aliphatic hydroxyl groups excluding tert-OH is 1. The molecule has 1 aromatic carbocycles. The molecule has 0 saturated carbocycles. The summed E-state index contributed by atoms with van der Waals surface area (Å²) in [6.07, 6.45) is 5.17. The lowest BCUT2D eigenvalue weighted by molar-refractivity contribution is 0.211. The highest BCUT2D eigenvalue weighted by Crippen LogP contribution is 2.32. The Hall–Kier alpha value is -1.81. The number of hydrogen-bond donors (Lipinski definition) is 2. The van der Waals surface area contributed by atoms with E-state index in [0.717, 1.165) is 24.3 Å². The summed E-state index contributed by atoms with van der Waals surface area (Å²) < 4.78 is 0. The fourth-order valence-electron chi connectivity index (χ4n) is 2.69. The van der Waals surface area contributed by atoms with Crippen molar-refractivity contribution in [3.63, 3.8) is 0 Å². The molecule has 1 saturated heterocycles. The van der Waals surface area contributed by atoms with Crippen LogP contribution in [-0.2, 0) is 0 Å². The van der Waals surface area contributed by atoms with Crippen LogP contribution >= 0.6 is 0 Å². The molecule has 19 heavy (non-hydrogen) atoms. The van der Waals surface area contributed by atoms with E-state index in [1.54, 1.807) is 12.4 Å². The number of anilines is 1. The molecule has 2 heterocycles. The predicted octanol–water partition coefficient (Wildman–Crippen LogP) is 2.40. The van der Waals surface area contributed by atoms with Crippen LogP contribution in [0.4, 0.5) is 5.69 Å². The third-order valence-electron chi connectivity index (χ3n) is 3.71. The van der Waals surface area contributed by atoms with Crippen molar-refractivity contribution >= 4 is 5.69 Å². The van der Waals surface area contributed by atoms with Crippen molar-refractivity contribution in [2.24, 2.45) is 0 Å². The van der Waals surface area contributed by atoms with Crippen molar-refractivity contribution < 1.29 is 5.11 Å². The lowest BCUT2D eigenvalue weighted by Crippen LogP contribution is -2.20. The molecule has 1 fully saturated rings. The third kappa shape index (κ3) is 2.36. The van der Waals surface area contributed by atoms with Crippen LogP contribution in [-0.4, -0.2) is 28.2 Å². The van der Waals surface area contributed by atoms with Crippen molar-refractivity contribution in [1.29, 1.82) is 0 Å². The van der Waals surface area contributed by atoms with E-state index in [0.29, 0.717) is 5.82 Å². The maximum atomic E-state index is 10.5. The van der Waals surface area contributed by atoms with Gasteiger partial charge in [0.25, 0.3) is 0 Å². The van der Waals surface area contributed by atoms with Crippen LogP contribution in [0.1, 0.15) is 35.9 Å². The lowest BCUT2D eigenvalue weighted by Gasteiger charge is -2.24. The zero-order chi connectivity index (χ0) is 13.2. The third-order valence-corrected chi connectivity index (χ3v) is 3.71. The number of nitrogens with one attached hydrogen (secondary N) is 1. The van der Waals surface area contributed by atoms with E-state index in [4.69, 9.17) is 0 Å². The number of hydrogen-bond acceptors (Lipinski definition) is 3. The van der Waals surface area contributed by atoms with Gasteiger partial charge in [0.1, 0.15) is 11.9 Å². The molecule has 1 aromatic heterocycles. The van der Waals surface area contributed by atoms with Crippen LogP contribution in [0, 0.1) is 6.92 Å². The predicted molar refractivity (Wildman–Crippen MR) is 75.3 cm³/mol. The Kier molecular flexibility index (Phi) is 3.25. The standard InChI is InChI=1S/C15H19N3O/c1-11-4-5-12(14(19)15-16-6-7-17-15)13(10-11)18-8-2-3-9-18/h4-7,10,14,19H,2-3,8-9H2,1H3,(H,16,17). The minimum Gasteiger partial charge on any atom is -0.380 e. The van der Waals surface area contributed by atoms with E-state index < -0.39 is 6.10 Å². The van der Waals surface area contributed by atoms with Gasteiger partial charge in [-0.25, -0.2) is 4.98 Å². The Balaban J connectivity index is 2.00. The van der Waals surface area contributed by atoms with Crippen molar-refractivity contribution in [3.8, 4) is 0 Å². The number of nitrogens with zero attached hydrogens (tertiary/aromatic N) is 2. The smallest absolute Gasteiger partial charge is 0.139 e. The van der Waals surface area contributed by atoms with E-state index in [1.165, 1.54) is 18.4 Å². The van der Waals surface area contributed by atoms with Crippen molar-refractivity contribution in [1.82, 2.24) is 9.97 Å². The largest absolute Gasteiger partial charge is 0.380 e. The summed E-state index contributed by atoms with van der Waals surface area (Å²) in [7, 11) is 0. The minimum atomic E-state index is -0.689. The maximum Gasteiger partial charge on any atom is 0.139 e. The van der Waals surface area contributed by atoms with Crippen LogP contribution in [0.25, 0.3) is 0 Å². The number of aromatic amines is 1. The second kappa shape index (κ2) is 5.05. The Morgan fingerprint density at radius 1 is 1.32 bits per heavy atom. The number of aryl methyl sites for hydroxylation is 1. The van der Waals surface area contributed by atoms with Gasteiger partial charge in [-0.05, 0) is 31.4 Å². The van der Waals surface area contributed by atoms with Crippen LogP contribution < -0.4 is 4.90 Å². The first-order valence-corrected chi connectivity index (χ1v) is 6.78. The van der Waals surface area contributed by atoms with Gasteiger partial charge in [-0.3, -0.25) is 0 Å². The molecule has 2 N–H and O–H groups in total. The molecule has 4 heteroatoms. The molecule has 0 amide bonds. The Bertz CT molecular complexity index is 545. The maximum absolute atomic E-state index is 10.5. The first-order valence-electron chi connectivity index (χ1n) is 6.78. The van der Waals surface area contributed by atoms with Gasteiger partial charge in [0, 0.05) is 36.7 Å². The number of rotatable bonds is 3. The first-order chi connectivity index (χ1) is 9.25. The van der Waals surface area contributed by atoms with E-state index in [1.807, 2.05) is 12.1 Å². The number of benzene rings is 1. The molecule has 0 spiro atoms. The summed E-state index contributed by atoms with van der Waals surface area (Å²) in [5.41, 5.74) is 3.29. The summed E-state index contributed by atoms with van der Waals surface area (Å²) in [5.74, 6) is 0.601. The van der Waals surface area contributed by atoms with Gasteiger partial charge in [-0.1, -0.05) is 12.1 Å². The second-order valence-electron chi connectivity index (χ2n) is 5.13. The van der Waals surface area contributed by atoms with Gasteiger partial charge >= 0.3 is 0 Å². The average molecular weight is 257 g/mol. The van der Waals surface area contributed by atoms with Crippen molar-refractivity contribution in [2.45, 2.75) is 25.9 Å². The summed E-state index contributed by atoms with van der Waals surface area (Å²) in [6, 6.07) is 6.21. The summed E-state index contributed by atoms with van der Waals surface area (Å²) in [6.45, 7) is 4.23. The molecule has 0 radical (unpaired) electrons. The van der Waals surface area contributed by atoms with E-state index in [9.17, 15) is 5.11 Å². The molecule has 3 rings (SSSR count). The number of aliphatic hydroxyl groups is 1. The van der Waals surface area contributed by atoms with Crippen molar-refractivity contribution in [3.05, 3.63) is 47.5 Å². The van der Waals surface area contributed by atoms with Gasteiger partial charge in [0.05, 0.1) is 0 Å². The van der Waals surface area contributed by atoms with Crippen LogP contribution in [0.3, 0.4) is 0 Å². The van der Waals surface area contributed by atoms with Gasteiger partial charge in [-0.15, -0.1) is 0 Å². The van der Waals surface area contributed by atoms with E-state index >= 15 is 0 Å². The molecule has 100 valence electrons. The zero-order valence-corrected chi connectivity index (χ0v) is 11.1. The number of H-pyrrole nitrogens is 1. The summed E-state index contributed by atoms with van der Waals surface area (Å²) in [4.78, 5) is 9.50. The molecular weight excluding hydrogens is 238 g/mol. The van der Waals surface area contributed by atoms with Gasteiger partial charge in [0.2, 0.25) is 0 Å². The molecular formula is C15H19N3O. The fourth-order valence-corrected chi connectivity index (χ4v) is 2.69. The van der Waals surface area contributed by atoms with Crippen LogP contribution in [0.15, 0.2) is 30.6 Å². The zero-order valence-electron chi connectivity index (χ0n) is 11.1. The highest BCUT2D eigenvalue weighted by atomic mass is 16.3. The van der Waals surface area contributed by atoms with Crippen molar-refractivity contribution in [2.75, 3.05) is 18.0 Å². The highest BCUT2D eigenvalue weighted by molar-refractivity contribution is 5.58. The Morgan fingerprint density at radius 3 is 2.79 bits per heavy atom. The molecule has 1 atom stereocenters. The Labute approximate surface area is 113 Å². The highest BCUT2D eigenvalue weighted by Gasteiger charge is 2.22. The summed E-state index contributed by atoms with van der Waals surface area (Å²) >= 11 is 0. The fraction of sp³-hybridized carbons (Fsp3) is 0.400. The first kappa shape index (κ1) is 12.2. The van der Waals surface area contributed by atoms with Gasteiger partial charge in [0.15, 0.2) is 0 Å². The van der Waals surface area contributed by atoms with Gasteiger partial charge < -0.3 is 15.0 Å². The Morgan fingerprint density at radius 2 is 2.11 bits per heavy atom. The minimum absolute atomic E-state index is 0.601. The molecule has 1 unspecified atom stereocenters. The molecule has 0 bridgehead atoms. The second-order valence-corrected chi connectivity index (χ2v) is 5.13. The molecule has 0 aliphatic carbocycles. The number of aromatic nitrogens is 2. The molecule has 2 aromatic rings.